The van der Waals surface area contributed by atoms with E-state index in [0.717, 1.165) is 5.56 Å². The summed E-state index contributed by atoms with van der Waals surface area (Å²) >= 11 is 0. The van der Waals surface area contributed by atoms with Gasteiger partial charge in [0.1, 0.15) is 5.75 Å². The lowest BCUT2D eigenvalue weighted by Gasteiger charge is -2.10. The molecule has 0 saturated carbocycles. The second kappa shape index (κ2) is 9.22. The molecule has 0 aromatic heterocycles. The van der Waals surface area contributed by atoms with Gasteiger partial charge < -0.3 is 20.1 Å². The number of nitrogens with one attached hydrogen (secondary N) is 2. The van der Waals surface area contributed by atoms with Crippen LogP contribution in [-0.2, 0) is 20.9 Å². The quantitative estimate of drug-likeness (QED) is 0.741. The van der Waals surface area contributed by atoms with E-state index in [1.54, 1.807) is 31.4 Å². The molecule has 2 aromatic rings. The normalized spacial score (nSPS) is 9.92. The number of amides is 2. The van der Waals surface area contributed by atoms with Gasteiger partial charge in [-0.2, -0.15) is 0 Å². The summed E-state index contributed by atoms with van der Waals surface area (Å²) in [5, 5.41) is 5.24. The van der Waals surface area contributed by atoms with Crippen molar-refractivity contribution in [1.29, 1.82) is 0 Å². The number of para-hydroxylation sites is 1. The second-order valence-corrected chi connectivity index (χ2v) is 5.43. The van der Waals surface area contributed by atoms with Gasteiger partial charge in [-0.3, -0.25) is 9.59 Å². The van der Waals surface area contributed by atoms with Crippen LogP contribution in [-0.4, -0.2) is 31.5 Å². The van der Waals surface area contributed by atoms with Gasteiger partial charge >= 0.3 is 5.97 Å². The van der Waals surface area contributed by atoms with E-state index in [-0.39, 0.29) is 18.0 Å². The van der Waals surface area contributed by atoms with Crippen LogP contribution in [0.2, 0.25) is 0 Å². The molecule has 7 nitrogen and oxygen atoms in total. The van der Waals surface area contributed by atoms with Crippen molar-refractivity contribution in [3.63, 3.8) is 0 Å². The Morgan fingerprint density at radius 2 is 1.81 bits per heavy atom. The number of carbonyl (C=O) groups is 3. The Labute approximate surface area is 151 Å². The minimum absolute atomic E-state index is 0.244. The molecule has 2 N–H and O–H groups in total. The Balaban J connectivity index is 1.85. The van der Waals surface area contributed by atoms with Gasteiger partial charge in [-0.1, -0.05) is 24.3 Å². The van der Waals surface area contributed by atoms with Crippen molar-refractivity contribution < 1.29 is 23.9 Å². The summed E-state index contributed by atoms with van der Waals surface area (Å²) in [5.74, 6) is -0.655. The van der Waals surface area contributed by atoms with Crippen LogP contribution in [0.15, 0.2) is 48.5 Å². The number of esters is 1. The van der Waals surface area contributed by atoms with Crippen molar-refractivity contribution in [3.8, 4) is 5.75 Å². The molecule has 0 aliphatic carbocycles. The molecule has 7 heteroatoms. The molecular weight excluding hydrogens is 336 g/mol. The van der Waals surface area contributed by atoms with Crippen LogP contribution in [0, 0.1) is 0 Å². The summed E-state index contributed by atoms with van der Waals surface area (Å²) in [5.41, 5.74) is 1.54. The van der Waals surface area contributed by atoms with Crippen molar-refractivity contribution in [1.82, 2.24) is 5.32 Å². The number of rotatable bonds is 7. The lowest BCUT2D eigenvalue weighted by Crippen LogP contribution is -2.28. The highest BCUT2D eigenvalue weighted by Crippen LogP contribution is 2.16. The first-order chi connectivity index (χ1) is 12.5. The summed E-state index contributed by atoms with van der Waals surface area (Å²) in [6.45, 7) is 1.23. The molecule has 0 spiro atoms. The summed E-state index contributed by atoms with van der Waals surface area (Å²) in [6.07, 6.45) is 0. The summed E-state index contributed by atoms with van der Waals surface area (Å²) in [4.78, 5) is 35.0. The average Bonchev–Trinajstić information content (AvgIpc) is 2.64. The van der Waals surface area contributed by atoms with Crippen molar-refractivity contribution >= 4 is 23.5 Å². The first-order valence-corrected chi connectivity index (χ1v) is 7.93. The number of hydrogen-bond acceptors (Lipinski definition) is 5. The number of hydrogen-bond donors (Lipinski definition) is 2. The van der Waals surface area contributed by atoms with Gasteiger partial charge in [0, 0.05) is 24.7 Å². The molecule has 0 saturated heterocycles. The fraction of sp³-hybridized carbons (Fsp3) is 0.211. The SMILES string of the molecule is COc1ccccc1CNC(=O)COC(=O)c1cccc(NC(C)=O)c1. The maximum atomic E-state index is 12.0. The van der Waals surface area contributed by atoms with Gasteiger partial charge in [-0.25, -0.2) is 4.79 Å². The smallest absolute Gasteiger partial charge is 0.338 e. The van der Waals surface area contributed by atoms with E-state index in [1.165, 1.54) is 13.0 Å². The highest BCUT2D eigenvalue weighted by Gasteiger charge is 2.11. The molecule has 0 radical (unpaired) electrons. The van der Waals surface area contributed by atoms with Crippen LogP contribution in [0.25, 0.3) is 0 Å². The fourth-order valence-electron chi connectivity index (χ4n) is 2.24. The van der Waals surface area contributed by atoms with E-state index in [1.807, 2.05) is 18.2 Å². The van der Waals surface area contributed by atoms with Crippen LogP contribution in [0.4, 0.5) is 5.69 Å². The molecule has 0 aliphatic heterocycles. The van der Waals surface area contributed by atoms with Gasteiger partial charge in [0.05, 0.1) is 12.7 Å². The molecule has 0 bridgehead atoms. The number of benzene rings is 2. The molecule has 0 aliphatic rings. The van der Waals surface area contributed by atoms with Crippen molar-refractivity contribution in [2.24, 2.45) is 0 Å². The Kier molecular flexibility index (Phi) is 6.73. The molecule has 2 amide bonds. The maximum Gasteiger partial charge on any atom is 0.338 e. The third-order valence-corrected chi connectivity index (χ3v) is 3.42. The predicted molar refractivity (Wildman–Crippen MR) is 95.9 cm³/mol. The van der Waals surface area contributed by atoms with E-state index in [4.69, 9.17) is 9.47 Å². The summed E-state index contributed by atoms with van der Waals surface area (Å²) in [6, 6.07) is 13.6. The molecule has 136 valence electrons. The van der Waals surface area contributed by atoms with E-state index in [0.29, 0.717) is 11.4 Å². The van der Waals surface area contributed by atoms with Gasteiger partial charge in [0.25, 0.3) is 5.91 Å². The third-order valence-electron chi connectivity index (χ3n) is 3.42. The molecule has 2 aromatic carbocycles. The first-order valence-electron chi connectivity index (χ1n) is 7.93. The molecule has 2 rings (SSSR count). The Morgan fingerprint density at radius 1 is 1.04 bits per heavy atom. The zero-order valence-corrected chi connectivity index (χ0v) is 14.6. The number of methoxy groups -OCH3 is 1. The van der Waals surface area contributed by atoms with Crippen molar-refractivity contribution in [2.75, 3.05) is 19.0 Å². The maximum absolute atomic E-state index is 12.0. The topological polar surface area (TPSA) is 93.7 Å². The van der Waals surface area contributed by atoms with Crippen molar-refractivity contribution in [2.45, 2.75) is 13.5 Å². The highest BCUT2D eigenvalue weighted by molar-refractivity contribution is 5.94. The molecule has 0 atom stereocenters. The van der Waals surface area contributed by atoms with E-state index >= 15 is 0 Å². The van der Waals surface area contributed by atoms with Gasteiger partial charge in [-0.15, -0.1) is 0 Å². The molecule has 26 heavy (non-hydrogen) atoms. The average molecular weight is 356 g/mol. The van der Waals surface area contributed by atoms with Gasteiger partial charge in [0.15, 0.2) is 6.61 Å². The summed E-state index contributed by atoms with van der Waals surface area (Å²) in [7, 11) is 1.55. The monoisotopic (exact) mass is 356 g/mol. The van der Waals surface area contributed by atoms with E-state index in [2.05, 4.69) is 10.6 Å². The lowest BCUT2D eigenvalue weighted by molar-refractivity contribution is -0.124. The van der Waals surface area contributed by atoms with E-state index < -0.39 is 18.5 Å². The third kappa shape index (κ3) is 5.62. The number of carbonyl (C=O) groups excluding carboxylic acids is 3. The molecule has 0 fully saturated rings. The minimum atomic E-state index is -0.648. The van der Waals surface area contributed by atoms with Crippen LogP contribution >= 0.6 is 0 Å². The lowest BCUT2D eigenvalue weighted by atomic mass is 10.2. The second-order valence-electron chi connectivity index (χ2n) is 5.43. The van der Waals surface area contributed by atoms with Crippen LogP contribution in [0.5, 0.6) is 5.75 Å². The molecule has 0 unspecified atom stereocenters. The first kappa shape index (κ1) is 19.0. The Morgan fingerprint density at radius 3 is 2.54 bits per heavy atom. The largest absolute Gasteiger partial charge is 0.496 e. The van der Waals surface area contributed by atoms with E-state index in [9.17, 15) is 14.4 Å². The highest BCUT2D eigenvalue weighted by atomic mass is 16.5. The predicted octanol–water partition coefficient (Wildman–Crippen LogP) is 2.13. The van der Waals surface area contributed by atoms with Crippen LogP contribution < -0.4 is 15.4 Å². The zero-order valence-electron chi connectivity index (χ0n) is 14.6. The van der Waals surface area contributed by atoms with Gasteiger partial charge in [-0.05, 0) is 24.3 Å². The number of ether oxygens (including phenoxy) is 2. The standard InChI is InChI=1S/C19H20N2O5/c1-13(22)21-16-8-5-7-14(10-16)19(24)26-12-18(23)20-11-15-6-3-4-9-17(15)25-2/h3-10H,11-12H2,1-2H3,(H,20,23)(H,21,22). The van der Waals surface area contributed by atoms with Crippen LogP contribution in [0.3, 0.4) is 0 Å². The minimum Gasteiger partial charge on any atom is -0.496 e. The molecule has 0 heterocycles. The van der Waals surface area contributed by atoms with Crippen molar-refractivity contribution in [3.05, 3.63) is 59.7 Å². The van der Waals surface area contributed by atoms with Crippen LogP contribution in [0.1, 0.15) is 22.8 Å². The fourth-order valence-corrected chi connectivity index (χ4v) is 2.24. The molecular formula is C19H20N2O5. The zero-order chi connectivity index (χ0) is 18.9. The van der Waals surface area contributed by atoms with Gasteiger partial charge in [0.2, 0.25) is 5.91 Å². The Bertz CT molecular complexity index is 804. The summed E-state index contributed by atoms with van der Waals surface area (Å²) < 4.78 is 10.2. The Hall–Kier alpha value is -3.35. The number of anilines is 1.